The molecule has 0 fully saturated rings. The molecule has 18 heavy (non-hydrogen) atoms. The van der Waals surface area contributed by atoms with E-state index in [4.69, 9.17) is 10.9 Å². The molecule has 0 aromatic heterocycles. The van der Waals surface area contributed by atoms with Crippen molar-refractivity contribution in [3.8, 4) is 0 Å². The Morgan fingerprint density at radius 1 is 1.39 bits per heavy atom. The van der Waals surface area contributed by atoms with Gasteiger partial charge in [-0.1, -0.05) is 6.07 Å². The largest absolute Gasteiger partial charge is 0.398 e. The zero-order valence-electron chi connectivity index (χ0n) is 10.1. The fraction of sp³-hybridized carbons (Fsp3) is 0.364. The predicted octanol–water partition coefficient (Wildman–Crippen LogP) is -0.0144. The summed E-state index contributed by atoms with van der Waals surface area (Å²) in [6, 6.07) is 5.13. The number of primary sulfonamides is 1. The standard InChI is InChI=1S/C11H17N3O3S/c1-8-3-4-9(10(12)7-8)11(15)14-5-2-6-18(13,16)17/h3-4,7H,2,5-6,12H2,1H3,(H,14,15)(H2,13,16,17). The van der Waals surface area contributed by atoms with Gasteiger partial charge in [0.05, 0.1) is 11.3 Å². The second kappa shape index (κ2) is 5.83. The van der Waals surface area contributed by atoms with Crippen LogP contribution in [0.3, 0.4) is 0 Å². The van der Waals surface area contributed by atoms with Gasteiger partial charge in [0.15, 0.2) is 0 Å². The lowest BCUT2D eigenvalue weighted by Crippen LogP contribution is -2.27. The Bertz CT molecular complexity index is 540. The van der Waals surface area contributed by atoms with Crippen molar-refractivity contribution in [2.75, 3.05) is 18.0 Å². The number of rotatable bonds is 5. The Balaban J connectivity index is 2.51. The molecule has 7 heteroatoms. The number of anilines is 1. The van der Waals surface area contributed by atoms with Crippen LogP contribution in [-0.2, 0) is 10.0 Å². The maximum atomic E-state index is 11.7. The maximum Gasteiger partial charge on any atom is 0.253 e. The summed E-state index contributed by atoms with van der Waals surface area (Å²) >= 11 is 0. The van der Waals surface area contributed by atoms with E-state index in [0.717, 1.165) is 5.56 Å². The van der Waals surface area contributed by atoms with Gasteiger partial charge in [-0.05, 0) is 31.0 Å². The average Bonchev–Trinajstić information content (AvgIpc) is 2.22. The molecule has 0 atom stereocenters. The molecule has 1 aromatic rings. The number of hydrogen-bond donors (Lipinski definition) is 3. The first-order chi connectivity index (χ1) is 8.29. The van der Waals surface area contributed by atoms with Crippen molar-refractivity contribution in [2.45, 2.75) is 13.3 Å². The first kappa shape index (κ1) is 14.5. The van der Waals surface area contributed by atoms with E-state index in [1.54, 1.807) is 18.2 Å². The van der Waals surface area contributed by atoms with Gasteiger partial charge in [0.2, 0.25) is 10.0 Å². The Labute approximate surface area is 106 Å². The Morgan fingerprint density at radius 2 is 2.06 bits per heavy atom. The predicted molar refractivity (Wildman–Crippen MR) is 70.5 cm³/mol. The maximum absolute atomic E-state index is 11.7. The molecule has 0 heterocycles. The zero-order valence-corrected chi connectivity index (χ0v) is 11.0. The molecule has 6 nitrogen and oxygen atoms in total. The molecule has 0 aliphatic rings. The summed E-state index contributed by atoms with van der Waals surface area (Å²) in [7, 11) is -3.48. The van der Waals surface area contributed by atoms with E-state index >= 15 is 0 Å². The van der Waals surface area contributed by atoms with Gasteiger partial charge >= 0.3 is 0 Å². The number of amides is 1. The molecule has 0 saturated carbocycles. The third kappa shape index (κ3) is 4.72. The van der Waals surface area contributed by atoms with Gasteiger partial charge < -0.3 is 11.1 Å². The van der Waals surface area contributed by atoms with Crippen molar-refractivity contribution < 1.29 is 13.2 Å². The van der Waals surface area contributed by atoms with Gasteiger partial charge in [-0.2, -0.15) is 0 Å². The molecule has 100 valence electrons. The van der Waals surface area contributed by atoms with Crippen molar-refractivity contribution in [2.24, 2.45) is 5.14 Å². The number of nitrogens with one attached hydrogen (secondary N) is 1. The van der Waals surface area contributed by atoms with Crippen LogP contribution in [0.5, 0.6) is 0 Å². The molecule has 0 spiro atoms. The van der Waals surface area contributed by atoms with E-state index in [9.17, 15) is 13.2 Å². The third-order valence-electron chi connectivity index (χ3n) is 2.34. The molecule has 0 aliphatic carbocycles. The molecule has 1 rings (SSSR count). The first-order valence-corrected chi connectivity index (χ1v) is 7.16. The topological polar surface area (TPSA) is 115 Å². The first-order valence-electron chi connectivity index (χ1n) is 5.44. The number of nitrogen functional groups attached to an aromatic ring is 1. The lowest BCUT2D eigenvalue weighted by atomic mass is 10.1. The molecule has 0 radical (unpaired) electrons. The zero-order chi connectivity index (χ0) is 13.8. The van der Waals surface area contributed by atoms with Gasteiger partial charge in [0.25, 0.3) is 5.91 Å². The number of hydrogen-bond acceptors (Lipinski definition) is 4. The Hall–Kier alpha value is -1.60. The van der Waals surface area contributed by atoms with E-state index in [0.29, 0.717) is 11.3 Å². The molecule has 0 saturated heterocycles. The summed E-state index contributed by atoms with van der Waals surface area (Å²) in [5, 5.41) is 7.44. The van der Waals surface area contributed by atoms with E-state index in [-0.39, 0.29) is 24.6 Å². The van der Waals surface area contributed by atoms with Crippen molar-refractivity contribution in [3.63, 3.8) is 0 Å². The summed E-state index contributed by atoms with van der Waals surface area (Å²) in [4.78, 5) is 11.7. The van der Waals surface area contributed by atoms with Crippen molar-refractivity contribution in [1.82, 2.24) is 5.32 Å². The summed E-state index contributed by atoms with van der Waals surface area (Å²) in [5.41, 5.74) is 7.48. The van der Waals surface area contributed by atoms with Crippen LogP contribution in [0.15, 0.2) is 18.2 Å². The van der Waals surface area contributed by atoms with Crippen LogP contribution in [-0.4, -0.2) is 26.6 Å². The van der Waals surface area contributed by atoms with E-state index in [1.165, 1.54) is 0 Å². The molecule has 0 unspecified atom stereocenters. The van der Waals surface area contributed by atoms with E-state index in [1.807, 2.05) is 6.92 Å². The highest BCUT2D eigenvalue weighted by Gasteiger charge is 2.09. The second-order valence-electron chi connectivity index (χ2n) is 4.07. The normalized spacial score (nSPS) is 11.2. The highest BCUT2D eigenvalue weighted by atomic mass is 32.2. The van der Waals surface area contributed by atoms with Gasteiger partial charge in [0.1, 0.15) is 0 Å². The number of nitrogens with two attached hydrogens (primary N) is 2. The summed E-state index contributed by atoms with van der Waals surface area (Å²) < 4.78 is 21.4. The minimum Gasteiger partial charge on any atom is -0.398 e. The minimum absolute atomic E-state index is 0.156. The van der Waals surface area contributed by atoms with Gasteiger partial charge in [-0.3, -0.25) is 4.79 Å². The van der Waals surface area contributed by atoms with Crippen LogP contribution in [0.1, 0.15) is 22.3 Å². The van der Waals surface area contributed by atoms with Gasteiger partial charge in [-0.25, -0.2) is 13.6 Å². The van der Waals surface area contributed by atoms with Crippen LogP contribution in [0.2, 0.25) is 0 Å². The minimum atomic E-state index is -3.48. The Morgan fingerprint density at radius 3 is 2.61 bits per heavy atom. The average molecular weight is 271 g/mol. The smallest absolute Gasteiger partial charge is 0.253 e. The molecular formula is C11H17N3O3S. The van der Waals surface area contributed by atoms with Crippen LogP contribution in [0.4, 0.5) is 5.69 Å². The molecular weight excluding hydrogens is 254 g/mol. The Kier molecular flexibility index (Phi) is 4.69. The summed E-state index contributed by atoms with van der Waals surface area (Å²) in [6.45, 7) is 2.12. The fourth-order valence-electron chi connectivity index (χ4n) is 1.46. The number of carbonyl (C=O) groups excluding carboxylic acids is 1. The molecule has 1 aromatic carbocycles. The number of benzene rings is 1. The van der Waals surface area contributed by atoms with E-state index < -0.39 is 10.0 Å². The van der Waals surface area contributed by atoms with Crippen LogP contribution in [0.25, 0.3) is 0 Å². The molecule has 0 bridgehead atoms. The van der Waals surface area contributed by atoms with E-state index in [2.05, 4.69) is 5.32 Å². The van der Waals surface area contributed by atoms with Gasteiger partial charge in [0, 0.05) is 12.2 Å². The highest BCUT2D eigenvalue weighted by Crippen LogP contribution is 2.13. The van der Waals surface area contributed by atoms with Crippen molar-refractivity contribution >= 4 is 21.6 Å². The molecule has 1 amide bonds. The van der Waals surface area contributed by atoms with Crippen LogP contribution < -0.4 is 16.2 Å². The fourth-order valence-corrected chi connectivity index (χ4v) is 2.01. The lowest BCUT2D eigenvalue weighted by Gasteiger charge is -2.07. The molecule has 5 N–H and O–H groups in total. The second-order valence-corrected chi connectivity index (χ2v) is 5.80. The van der Waals surface area contributed by atoms with Gasteiger partial charge in [-0.15, -0.1) is 0 Å². The van der Waals surface area contributed by atoms with Crippen LogP contribution in [0, 0.1) is 6.92 Å². The summed E-state index contributed by atoms with van der Waals surface area (Å²) in [6.07, 6.45) is 0.274. The lowest BCUT2D eigenvalue weighted by molar-refractivity contribution is 0.0954. The monoisotopic (exact) mass is 271 g/mol. The highest BCUT2D eigenvalue weighted by molar-refractivity contribution is 7.89. The number of sulfonamides is 1. The van der Waals surface area contributed by atoms with Crippen LogP contribution >= 0.6 is 0 Å². The number of aryl methyl sites for hydroxylation is 1. The SMILES string of the molecule is Cc1ccc(C(=O)NCCCS(N)(=O)=O)c(N)c1. The number of carbonyl (C=O) groups is 1. The molecule has 0 aliphatic heterocycles. The van der Waals surface area contributed by atoms with Crippen molar-refractivity contribution in [3.05, 3.63) is 29.3 Å². The summed E-state index contributed by atoms with van der Waals surface area (Å²) in [5.74, 6) is -0.474. The van der Waals surface area contributed by atoms with Crippen molar-refractivity contribution in [1.29, 1.82) is 0 Å². The third-order valence-corrected chi connectivity index (χ3v) is 3.20. The quantitative estimate of drug-likeness (QED) is 0.515.